The molecule has 0 amide bonds. The molecule has 0 fully saturated rings. The summed E-state index contributed by atoms with van der Waals surface area (Å²) in [6.07, 6.45) is 0. The van der Waals surface area contributed by atoms with Crippen molar-refractivity contribution < 1.29 is 0 Å². The van der Waals surface area contributed by atoms with Crippen molar-refractivity contribution in [3.05, 3.63) is 32.4 Å². The largest absolute Gasteiger partial charge is 0.316 e. The average molecular weight is 318 g/mol. The molecule has 0 bridgehead atoms. The van der Waals surface area contributed by atoms with Crippen LogP contribution in [0.4, 0.5) is 0 Å². The van der Waals surface area contributed by atoms with E-state index < -0.39 is 0 Å². The number of hydrogen-bond donors (Lipinski definition) is 1. The molecule has 1 N–H and O–H groups in total. The lowest BCUT2D eigenvalue weighted by Crippen LogP contribution is -2.06. The fourth-order valence-corrected chi connectivity index (χ4v) is 1.59. The molecule has 1 rings (SSSR count). The fourth-order valence-electron chi connectivity index (χ4n) is 0.869. The Morgan fingerprint density at radius 1 is 1.50 bits per heavy atom. The van der Waals surface area contributed by atoms with Crippen LogP contribution < -0.4 is 5.32 Å². The van der Waals surface area contributed by atoms with Gasteiger partial charge in [-0.25, -0.2) is 0 Å². The maximum atomic E-state index is 5.82. The predicted octanol–water partition coefficient (Wildman–Crippen LogP) is 3.09. The molecule has 0 aliphatic heterocycles. The van der Waals surface area contributed by atoms with Crippen molar-refractivity contribution in [1.29, 1.82) is 0 Å². The van der Waals surface area contributed by atoms with Gasteiger partial charge in [0.2, 0.25) is 0 Å². The molecule has 1 aromatic carbocycles. The van der Waals surface area contributed by atoms with Gasteiger partial charge in [0.15, 0.2) is 0 Å². The molecule has 0 saturated carbocycles. The first-order chi connectivity index (χ1) is 5.24. The Kier molecular flexibility index (Phi) is 6.27. The Labute approximate surface area is 97.4 Å². The molecule has 0 atom stereocenters. The van der Waals surface area contributed by atoms with E-state index in [1.807, 2.05) is 25.2 Å². The van der Waals surface area contributed by atoms with Gasteiger partial charge in [-0.2, -0.15) is 0 Å². The number of halogens is 3. The van der Waals surface area contributed by atoms with E-state index in [9.17, 15) is 0 Å². The highest BCUT2D eigenvalue weighted by atomic mass is 127. The molecule has 1 aromatic rings. The van der Waals surface area contributed by atoms with E-state index in [1.54, 1.807) is 0 Å². The lowest BCUT2D eigenvalue weighted by Gasteiger charge is -2.02. The van der Waals surface area contributed by atoms with E-state index in [2.05, 4.69) is 27.9 Å². The van der Waals surface area contributed by atoms with Gasteiger partial charge in [-0.3, -0.25) is 0 Å². The summed E-state index contributed by atoms with van der Waals surface area (Å²) >= 11 is 8.12. The van der Waals surface area contributed by atoms with Crippen LogP contribution in [0.1, 0.15) is 5.56 Å². The highest BCUT2D eigenvalue weighted by Crippen LogP contribution is 2.17. The fraction of sp³-hybridized carbons (Fsp3) is 0.250. The van der Waals surface area contributed by atoms with Crippen LogP contribution in [0.5, 0.6) is 0 Å². The standard InChI is InChI=1S/C8H9ClIN.ClH/c1-11-5-6-4-7(9)2-3-8(6)10;/h2-4,11H,5H2,1H3;1H. The zero-order valence-electron chi connectivity index (χ0n) is 6.60. The van der Waals surface area contributed by atoms with Crippen LogP contribution in [0.25, 0.3) is 0 Å². The normalized spacial score (nSPS) is 9.25. The summed E-state index contributed by atoms with van der Waals surface area (Å²) in [5.74, 6) is 0. The first kappa shape index (κ1) is 12.5. The minimum atomic E-state index is 0. The van der Waals surface area contributed by atoms with Gasteiger partial charge in [-0.05, 0) is 53.4 Å². The number of nitrogens with one attached hydrogen (secondary N) is 1. The van der Waals surface area contributed by atoms with Crippen LogP contribution in [0.2, 0.25) is 5.02 Å². The zero-order valence-corrected chi connectivity index (χ0v) is 10.3. The second kappa shape index (κ2) is 6.02. The molecular formula is C8H10Cl2IN. The van der Waals surface area contributed by atoms with Crippen LogP contribution in [-0.2, 0) is 6.54 Å². The topological polar surface area (TPSA) is 12.0 Å². The van der Waals surface area contributed by atoms with Crippen LogP contribution in [0.15, 0.2) is 18.2 Å². The van der Waals surface area contributed by atoms with E-state index in [0.717, 1.165) is 11.6 Å². The minimum Gasteiger partial charge on any atom is -0.316 e. The lowest BCUT2D eigenvalue weighted by molar-refractivity contribution is 0.814. The zero-order chi connectivity index (χ0) is 8.27. The van der Waals surface area contributed by atoms with E-state index in [4.69, 9.17) is 11.6 Å². The van der Waals surface area contributed by atoms with Crippen molar-refractivity contribution in [2.75, 3.05) is 7.05 Å². The van der Waals surface area contributed by atoms with Gasteiger partial charge in [0.1, 0.15) is 0 Å². The second-order valence-corrected chi connectivity index (χ2v) is 3.86. The summed E-state index contributed by atoms with van der Waals surface area (Å²) < 4.78 is 1.25. The van der Waals surface area contributed by atoms with Crippen LogP contribution >= 0.6 is 46.6 Å². The molecule has 0 aromatic heterocycles. The predicted molar refractivity (Wildman–Crippen MR) is 64.2 cm³/mol. The van der Waals surface area contributed by atoms with E-state index in [0.29, 0.717) is 0 Å². The van der Waals surface area contributed by atoms with Gasteiger partial charge in [0.25, 0.3) is 0 Å². The van der Waals surface area contributed by atoms with E-state index in [1.165, 1.54) is 9.13 Å². The summed E-state index contributed by atoms with van der Waals surface area (Å²) in [6.45, 7) is 0.874. The van der Waals surface area contributed by atoms with Crippen molar-refractivity contribution in [2.45, 2.75) is 6.54 Å². The van der Waals surface area contributed by atoms with Crippen LogP contribution in [0, 0.1) is 3.57 Å². The van der Waals surface area contributed by atoms with Gasteiger partial charge in [-0.1, -0.05) is 11.6 Å². The van der Waals surface area contributed by atoms with Crippen molar-refractivity contribution in [2.24, 2.45) is 0 Å². The Balaban J connectivity index is 0.00000121. The highest BCUT2D eigenvalue weighted by Gasteiger charge is 1.97. The Bertz CT molecular complexity index is 253. The molecular weight excluding hydrogens is 308 g/mol. The molecule has 68 valence electrons. The van der Waals surface area contributed by atoms with Gasteiger partial charge in [0, 0.05) is 15.1 Å². The summed E-state index contributed by atoms with van der Waals surface area (Å²) in [4.78, 5) is 0. The molecule has 4 heteroatoms. The van der Waals surface area contributed by atoms with Crippen molar-refractivity contribution >= 4 is 46.6 Å². The second-order valence-electron chi connectivity index (χ2n) is 2.27. The van der Waals surface area contributed by atoms with Crippen molar-refractivity contribution in [1.82, 2.24) is 5.32 Å². The molecule has 0 unspecified atom stereocenters. The molecule has 12 heavy (non-hydrogen) atoms. The number of benzene rings is 1. The molecule has 0 radical (unpaired) electrons. The average Bonchev–Trinajstić information content (AvgIpc) is 1.98. The molecule has 0 aliphatic rings. The number of rotatable bonds is 2. The third kappa shape index (κ3) is 3.47. The maximum absolute atomic E-state index is 5.82. The first-order valence-electron chi connectivity index (χ1n) is 3.32. The third-order valence-electron chi connectivity index (χ3n) is 1.37. The van der Waals surface area contributed by atoms with Gasteiger partial charge in [0.05, 0.1) is 0 Å². The summed E-state index contributed by atoms with van der Waals surface area (Å²) in [6, 6.07) is 5.91. The lowest BCUT2D eigenvalue weighted by atomic mass is 10.2. The molecule has 0 saturated heterocycles. The van der Waals surface area contributed by atoms with Crippen LogP contribution in [0.3, 0.4) is 0 Å². The van der Waals surface area contributed by atoms with Gasteiger partial charge in [-0.15, -0.1) is 12.4 Å². The number of hydrogen-bond acceptors (Lipinski definition) is 1. The quantitative estimate of drug-likeness (QED) is 0.827. The van der Waals surface area contributed by atoms with Crippen molar-refractivity contribution in [3.63, 3.8) is 0 Å². The summed E-state index contributed by atoms with van der Waals surface area (Å²) in [5.41, 5.74) is 1.25. The van der Waals surface area contributed by atoms with E-state index >= 15 is 0 Å². The summed E-state index contributed by atoms with van der Waals surface area (Å²) in [5, 5.41) is 3.89. The van der Waals surface area contributed by atoms with Gasteiger partial charge >= 0.3 is 0 Å². The molecule has 1 nitrogen and oxygen atoms in total. The molecule has 0 heterocycles. The van der Waals surface area contributed by atoms with Gasteiger partial charge < -0.3 is 5.32 Å². The Morgan fingerprint density at radius 3 is 2.75 bits per heavy atom. The molecule has 0 spiro atoms. The first-order valence-corrected chi connectivity index (χ1v) is 4.78. The smallest absolute Gasteiger partial charge is 0.0409 e. The van der Waals surface area contributed by atoms with E-state index in [-0.39, 0.29) is 12.4 Å². The SMILES string of the molecule is CNCc1cc(Cl)ccc1I.Cl. The van der Waals surface area contributed by atoms with Crippen molar-refractivity contribution in [3.8, 4) is 0 Å². The maximum Gasteiger partial charge on any atom is 0.0409 e. The third-order valence-corrected chi connectivity index (χ3v) is 2.66. The monoisotopic (exact) mass is 317 g/mol. The molecule has 0 aliphatic carbocycles. The Hall–Kier alpha value is 0.490. The minimum absolute atomic E-state index is 0. The highest BCUT2D eigenvalue weighted by molar-refractivity contribution is 14.1. The summed E-state index contributed by atoms with van der Waals surface area (Å²) in [7, 11) is 1.93. The Morgan fingerprint density at radius 2 is 2.17 bits per heavy atom. The van der Waals surface area contributed by atoms with Crippen LogP contribution in [-0.4, -0.2) is 7.05 Å².